The predicted molar refractivity (Wildman–Crippen MR) is 102 cm³/mol. The second kappa shape index (κ2) is 8.12. The molecule has 6 nitrogen and oxygen atoms in total. The summed E-state index contributed by atoms with van der Waals surface area (Å²) in [7, 11) is 1.72. The van der Waals surface area contributed by atoms with Crippen molar-refractivity contribution in [3.05, 3.63) is 53.1 Å². The summed E-state index contributed by atoms with van der Waals surface area (Å²) in [5.74, 6) is -0.904. The zero-order chi connectivity index (χ0) is 20.3. The number of piperidine rings is 1. The number of aromatic nitrogens is 2. The first kappa shape index (κ1) is 20.0. The zero-order valence-electron chi connectivity index (χ0n) is 16.6. The van der Waals surface area contributed by atoms with Crippen LogP contribution in [0.5, 0.6) is 0 Å². The molecule has 3 rings (SSSR count). The van der Waals surface area contributed by atoms with Crippen molar-refractivity contribution in [3.63, 3.8) is 0 Å². The third-order valence-electron chi connectivity index (χ3n) is 5.28. The molecule has 0 aliphatic carbocycles. The van der Waals surface area contributed by atoms with Crippen LogP contribution in [0.1, 0.15) is 41.5 Å². The quantitative estimate of drug-likeness (QED) is 0.740. The Morgan fingerprint density at radius 3 is 2.71 bits per heavy atom. The molecule has 0 N–H and O–H groups in total. The van der Waals surface area contributed by atoms with Crippen LogP contribution < -0.4 is 0 Å². The molecule has 0 saturated carbocycles. The molecule has 1 aliphatic heterocycles. The maximum atomic E-state index is 14.3. The van der Waals surface area contributed by atoms with Gasteiger partial charge in [-0.05, 0) is 50.8 Å². The van der Waals surface area contributed by atoms with Gasteiger partial charge in [0.2, 0.25) is 0 Å². The molecule has 28 heavy (non-hydrogen) atoms. The first-order chi connectivity index (χ1) is 13.4. The van der Waals surface area contributed by atoms with Crippen LogP contribution in [0.3, 0.4) is 0 Å². The molecule has 1 fully saturated rings. The fourth-order valence-corrected chi connectivity index (χ4v) is 3.95. The van der Waals surface area contributed by atoms with Crippen molar-refractivity contribution < 1.29 is 18.7 Å². The number of esters is 1. The molecular weight excluding hydrogens is 361 g/mol. The molecule has 1 aliphatic rings. The van der Waals surface area contributed by atoms with Gasteiger partial charge in [0.15, 0.2) is 0 Å². The molecule has 2 heterocycles. The summed E-state index contributed by atoms with van der Waals surface area (Å²) < 4.78 is 21.2. The number of aryl methyl sites for hydroxylation is 2. The van der Waals surface area contributed by atoms with E-state index in [9.17, 15) is 14.0 Å². The maximum absolute atomic E-state index is 14.3. The van der Waals surface area contributed by atoms with Crippen molar-refractivity contribution in [3.8, 4) is 0 Å². The van der Waals surface area contributed by atoms with E-state index < -0.39 is 5.41 Å². The van der Waals surface area contributed by atoms with Crippen molar-refractivity contribution in [1.29, 1.82) is 0 Å². The van der Waals surface area contributed by atoms with Crippen molar-refractivity contribution >= 4 is 11.9 Å². The summed E-state index contributed by atoms with van der Waals surface area (Å²) in [4.78, 5) is 27.6. The highest BCUT2D eigenvalue weighted by Gasteiger charge is 2.45. The van der Waals surface area contributed by atoms with Gasteiger partial charge >= 0.3 is 5.97 Å². The number of likely N-dealkylation sites (tertiary alicyclic amines) is 1. The van der Waals surface area contributed by atoms with Gasteiger partial charge in [-0.15, -0.1) is 0 Å². The second-order valence-electron chi connectivity index (χ2n) is 7.39. The standard InChI is InChI=1S/C21H26FN3O3/c1-4-28-20(27)21(13-16-8-5-6-9-17(16)22)10-7-11-25(14-21)19(26)18-12-15(2)23-24(18)3/h5-6,8-9,12H,4,7,10-11,13-14H2,1-3H3/t21-/m1/s1. The molecule has 1 aromatic heterocycles. The highest BCUT2D eigenvalue weighted by molar-refractivity contribution is 5.93. The Morgan fingerprint density at radius 1 is 1.32 bits per heavy atom. The fourth-order valence-electron chi connectivity index (χ4n) is 3.95. The van der Waals surface area contributed by atoms with Crippen molar-refractivity contribution in [1.82, 2.24) is 14.7 Å². The number of benzene rings is 1. The lowest BCUT2D eigenvalue weighted by molar-refractivity contribution is -0.158. The number of rotatable bonds is 5. The van der Waals surface area contributed by atoms with Gasteiger partial charge in [0.05, 0.1) is 17.7 Å². The van der Waals surface area contributed by atoms with Gasteiger partial charge in [0.1, 0.15) is 11.5 Å². The molecule has 1 atom stereocenters. The lowest BCUT2D eigenvalue weighted by Gasteiger charge is -2.41. The third-order valence-corrected chi connectivity index (χ3v) is 5.28. The highest BCUT2D eigenvalue weighted by atomic mass is 19.1. The number of ether oxygens (including phenoxy) is 1. The molecule has 0 bridgehead atoms. The van der Waals surface area contributed by atoms with Crippen LogP contribution in [0, 0.1) is 18.2 Å². The van der Waals surface area contributed by atoms with E-state index >= 15 is 0 Å². The normalized spacial score (nSPS) is 19.5. The predicted octanol–water partition coefficient (Wildman–Crippen LogP) is 2.90. The van der Waals surface area contributed by atoms with Gasteiger partial charge in [-0.3, -0.25) is 14.3 Å². The number of nitrogens with zero attached hydrogens (tertiary/aromatic N) is 3. The first-order valence-corrected chi connectivity index (χ1v) is 9.57. The smallest absolute Gasteiger partial charge is 0.314 e. The molecule has 150 valence electrons. The lowest BCUT2D eigenvalue weighted by atomic mass is 9.75. The van der Waals surface area contributed by atoms with E-state index in [1.54, 1.807) is 47.8 Å². The Bertz CT molecular complexity index is 880. The topological polar surface area (TPSA) is 64.4 Å². The summed E-state index contributed by atoms with van der Waals surface area (Å²) in [5.41, 5.74) is 0.731. The minimum absolute atomic E-state index is 0.176. The molecule has 0 radical (unpaired) electrons. The minimum Gasteiger partial charge on any atom is -0.466 e. The van der Waals surface area contributed by atoms with Crippen molar-refractivity contribution in [2.24, 2.45) is 12.5 Å². The van der Waals surface area contributed by atoms with Crippen LogP contribution in [-0.2, 0) is 23.0 Å². The molecule has 1 aromatic carbocycles. The van der Waals surface area contributed by atoms with E-state index in [2.05, 4.69) is 5.10 Å². The number of carbonyl (C=O) groups excluding carboxylic acids is 2. The van der Waals surface area contributed by atoms with Gasteiger partial charge in [0.25, 0.3) is 5.91 Å². The van der Waals surface area contributed by atoms with E-state index in [-0.39, 0.29) is 37.3 Å². The maximum Gasteiger partial charge on any atom is 0.314 e. The highest BCUT2D eigenvalue weighted by Crippen LogP contribution is 2.36. The molecule has 0 unspecified atom stereocenters. The Kier molecular flexibility index (Phi) is 5.82. The summed E-state index contributed by atoms with van der Waals surface area (Å²) in [6, 6.07) is 8.18. The van der Waals surface area contributed by atoms with E-state index in [1.165, 1.54) is 6.07 Å². The molecular formula is C21H26FN3O3. The zero-order valence-corrected chi connectivity index (χ0v) is 16.6. The van der Waals surface area contributed by atoms with Crippen LogP contribution in [-0.4, -0.2) is 46.3 Å². The van der Waals surface area contributed by atoms with Crippen LogP contribution in [0.4, 0.5) is 4.39 Å². The minimum atomic E-state index is -0.959. The molecule has 1 amide bonds. The van der Waals surface area contributed by atoms with E-state index in [0.29, 0.717) is 30.6 Å². The van der Waals surface area contributed by atoms with Crippen LogP contribution in [0.2, 0.25) is 0 Å². The van der Waals surface area contributed by atoms with Crippen molar-refractivity contribution in [2.45, 2.75) is 33.1 Å². The number of carbonyl (C=O) groups is 2. The summed E-state index contributed by atoms with van der Waals surface area (Å²) in [5, 5.41) is 4.24. The lowest BCUT2D eigenvalue weighted by Crippen LogP contribution is -2.52. The van der Waals surface area contributed by atoms with Gasteiger partial charge in [-0.1, -0.05) is 18.2 Å². The molecule has 1 saturated heterocycles. The van der Waals surface area contributed by atoms with Gasteiger partial charge in [-0.2, -0.15) is 5.10 Å². The largest absolute Gasteiger partial charge is 0.466 e. The van der Waals surface area contributed by atoms with Gasteiger partial charge in [0, 0.05) is 20.1 Å². The second-order valence-corrected chi connectivity index (χ2v) is 7.39. The summed E-state index contributed by atoms with van der Waals surface area (Å²) in [6.07, 6.45) is 1.40. The van der Waals surface area contributed by atoms with Crippen LogP contribution >= 0.6 is 0 Å². The van der Waals surface area contributed by atoms with Crippen molar-refractivity contribution in [2.75, 3.05) is 19.7 Å². The summed E-state index contributed by atoms with van der Waals surface area (Å²) in [6.45, 7) is 4.56. The molecule has 0 spiro atoms. The van der Waals surface area contributed by atoms with Crippen LogP contribution in [0.25, 0.3) is 0 Å². The number of hydrogen-bond acceptors (Lipinski definition) is 4. The Labute approximate surface area is 164 Å². The average molecular weight is 387 g/mol. The Morgan fingerprint density at radius 2 is 2.07 bits per heavy atom. The van der Waals surface area contributed by atoms with Crippen LogP contribution in [0.15, 0.2) is 30.3 Å². The summed E-state index contributed by atoms with van der Waals surface area (Å²) >= 11 is 0. The monoisotopic (exact) mass is 387 g/mol. The average Bonchev–Trinajstić information content (AvgIpc) is 3.01. The van der Waals surface area contributed by atoms with Gasteiger partial charge < -0.3 is 9.64 Å². The Hall–Kier alpha value is -2.70. The van der Waals surface area contributed by atoms with E-state index in [4.69, 9.17) is 4.74 Å². The number of amides is 1. The molecule has 7 heteroatoms. The van der Waals surface area contributed by atoms with E-state index in [0.717, 1.165) is 5.69 Å². The number of hydrogen-bond donors (Lipinski definition) is 0. The number of halogens is 1. The Balaban J connectivity index is 1.91. The third kappa shape index (κ3) is 3.93. The van der Waals surface area contributed by atoms with E-state index in [1.807, 2.05) is 6.92 Å². The van der Waals surface area contributed by atoms with Gasteiger partial charge in [-0.25, -0.2) is 4.39 Å². The molecule has 2 aromatic rings. The first-order valence-electron chi connectivity index (χ1n) is 9.57. The fraction of sp³-hybridized carbons (Fsp3) is 0.476. The SMILES string of the molecule is CCOC(=O)[C@@]1(Cc2ccccc2F)CCCN(C(=O)c2cc(C)nn2C)C1.